The Morgan fingerprint density at radius 3 is 2.08 bits per heavy atom. The van der Waals surface area contributed by atoms with Gasteiger partial charge in [-0.15, -0.1) is 0 Å². The van der Waals surface area contributed by atoms with E-state index in [2.05, 4.69) is 9.97 Å². The fraction of sp³-hybridized carbons (Fsp3) is 0.286. The van der Waals surface area contributed by atoms with Gasteiger partial charge in [-0.1, -0.05) is 0 Å². The number of hydrogen-bond acceptors (Lipinski definition) is 4. The molecule has 0 bridgehead atoms. The highest BCUT2D eigenvalue weighted by Crippen LogP contribution is 2.10. The fourth-order valence-electron chi connectivity index (χ4n) is 1.05. The first-order chi connectivity index (χ1) is 5.52. The lowest BCUT2D eigenvalue weighted by atomic mass is 10.2. The van der Waals surface area contributed by atoms with Crippen LogP contribution in [-0.2, 0) is 0 Å². The molecule has 0 aliphatic carbocycles. The molecule has 0 amide bonds. The van der Waals surface area contributed by atoms with Crippen molar-refractivity contribution >= 4 is 11.9 Å². The SMILES string of the molecule is Cc1nc(N)nc(C)c1C(=O)O. The average molecular weight is 167 g/mol. The number of hydrogen-bond donors (Lipinski definition) is 2. The lowest BCUT2D eigenvalue weighted by molar-refractivity contribution is 0.0694. The second-order valence-electron chi connectivity index (χ2n) is 2.43. The van der Waals surface area contributed by atoms with Gasteiger partial charge in [0.25, 0.3) is 0 Å². The number of anilines is 1. The largest absolute Gasteiger partial charge is 0.478 e. The molecular formula is C7H9N3O2. The summed E-state index contributed by atoms with van der Waals surface area (Å²) >= 11 is 0. The molecule has 5 nitrogen and oxygen atoms in total. The minimum absolute atomic E-state index is 0.106. The third kappa shape index (κ3) is 1.34. The Balaban J connectivity index is 3.38. The van der Waals surface area contributed by atoms with Gasteiger partial charge in [0.2, 0.25) is 5.95 Å². The fourth-order valence-corrected chi connectivity index (χ4v) is 1.05. The van der Waals surface area contributed by atoms with Crippen molar-refractivity contribution in [1.82, 2.24) is 9.97 Å². The van der Waals surface area contributed by atoms with Gasteiger partial charge >= 0.3 is 5.97 Å². The first kappa shape index (κ1) is 8.45. The van der Waals surface area contributed by atoms with Gasteiger partial charge in [0.1, 0.15) is 5.56 Å². The Morgan fingerprint density at radius 2 is 1.75 bits per heavy atom. The third-order valence-corrected chi connectivity index (χ3v) is 1.50. The average Bonchev–Trinajstić information content (AvgIpc) is 1.82. The van der Waals surface area contributed by atoms with Gasteiger partial charge in [0, 0.05) is 0 Å². The number of nitrogen functional groups attached to an aromatic ring is 1. The molecule has 0 spiro atoms. The standard InChI is InChI=1S/C7H9N3O2/c1-3-5(6(11)12)4(2)10-7(8)9-3/h1-2H3,(H,11,12)(H2,8,9,10). The van der Waals surface area contributed by atoms with Gasteiger partial charge in [-0.25, -0.2) is 14.8 Å². The topological polar surface area (TPSA) is 89.1 Å². The second kappa shape index (κ2) is 2.77. The molecule has 1 aromatic heterocycles. The quantitative estimate of drug-likeness (QED) is 0.630. The van der Waals surface area contributed by atoms with E-state index in [9.17, 15) is 4.79 Å². The molecule has 5 heteroatoms. The van der Waals surface area contributed by atoms with Crippen LogP contribution in [0.4, 0.5) is 5.95 Å². The summed E-state index contributed by atoms with van der Waals surface area (Å²) in [5, 5.41) is 8.72. The Labute approximate surface area is 69.3 Å². The molecule has 0 aliphatic rings. The highest BCUT2D eigenvalue weighted by atomic mass is 16.4. The van der Waals surface area contributed by atoms with Crippen LogP contribution < -0.4 is 5.73 Å². The van der Waals surface area contributed by atoms with Crippen molar-refractivity contribution in [1.29, 1.82) is 0 Å². The van der Waals surface area contributed by atoms with Crippen LogP contribution in [0.3, 0.4) is 0 Å². The van der Waals surface area contributed by atoms with E-state index in [1.165, 1.54) is 0 Å². The molecule has 0 atom stereocenters. The maximum Gasteiger partial charge on any atom is 0.339 e. The molecule has 0 aliphatic heterocycles. The van der Waals surface area contributed by atoms with Crippen molar-refractivity contribution in [2.75, 3.05) is 5.73 Å². The van der Waals surface area contributed by atoms with Crippen LogP contribution in [0.5, 0.6) is 0 Å². The summed E-state index contributed by atoms with van der Waals surface area (Å²) in [7, 11) is 0. The second-order valence-corrected chi connectivity index (χ2v) is 2.43. The number of aromatic nitrogens is 2. The van der Waals surface area contributed by atoms with Crippen molar-refractivity contribution in [3.8, 4) is 0 Å². The molecule has 0 saturated heterocycles. The highest BCUT2D eigenvalue weighted by Gasteiger charge is 2.13. The molecule has 0 radical (unpaired) electrons. The van der Waals surface area contributed by atoms with Crippen LogP contribution >= 0.6 is 0 Å². The summed E-state index contributed by atoms with van der Waals surface area (Å²) in [6.45, 7) is 3.18. The first-order valence-corrected chi connectivity index (χ1v) is 3.36. The minimum Gasteiger partial charge on any atom is -0.478 e. The van der Waals surface area contributed by atoms with Crippen molar-refractivity contribution in [2.45, 2.75) is 13.8 Å². The van der Waals surface area contributed by atoms with E-state index in [1.54, 1.807) is 13.8 Å². The zero-order valence-corrected chi connectivity index (χ0v) is 6.83. The zero-order chi connectivity index (χ0) is 9.30. The normalized spacial score (nSPS) is 9.83. The van der Waals surface area contributed by atoms with Crippen LogP contribution in [0.2, 0.25) is 0 Å². The van der Waals surface area contributed by atoms with Crippen LogP contribution in [0, 0.1) is 13.8 Å². The number of nitrogens with zero attached hydrogens (tertiary/aromatic N) is 2. The van der Waals surface area contributed by atoms with Crippen LogP contribution in [-0.4, -0.2) is 21.0 Å². The Bertz CT molecular complexity index is 312. The molecule has 0 aromatic carbocycles. The van der Waals surface area contributed by atoms with E-state index in [4.69, 9.17) is 10.8 Å². The molecule has 1 heterocycles. The Morgan fingerprint density at radius 1 is 1.33 bits per heavy atom. The lowest BCUT2D eigenvalue weighted by Crippen LogP contribution is -2.09. The molecule has 0 saturated carbocycles. The van der Waals surface area contributed by atoms with Crippen LogP contribution in [0.1, 0.15) is 21.7 Å². The first-order valence-electron chi connectivity index (χ1n) is 3.36. The number of rotatable bonds is 1. The molecular weight excluding hydrogens is 158 g/mol. The number of carboxylic acid groups (broad SMARTS) is 1. The number of aryl methyl sites for hydroxylation is 2. The van der Waals surface area contributed by atoms with Gasteiger partial charge in [0.15, 0.2) is 0 Å². The molecule has 0 fully saturated rings. The van der Waals surface area contributed by atoms with Gasteiger partial charge in [-0.05, 0) is 13.8 Å². The van der Waals surface area contributed by atoms with Crippen molar-refractivity contribution < 1.29 is 9.90 Å². The molecule has 64 valence electrons. The van der Waals surface area contributed by atoms with Crippen molar-refractivity contribution in [2.24, 2.45) is 0 Å². The van der Waals surface area contributed by atoms with Crippen molar-refractivity contribution in [3.05, 3.63) is 17.0 Å². The predicted octanol–water partition coefficient (Wildman–Crippen LogP) is 0.374. The summed E-state index contributed by atoms with van der Waals surface area (Å²) in [5.41, 5.74) is 6.23. The maximum atomic E-state index is 10.6. The van der Waals surface area contributed by atoms with Crippen molar-refractivity contribution in [3.63, 3.8) is 0 Å². The molecule has 0 unspecified atom stereocenters. The summed E-state index contributed by atoms with van der Waals surface area (Å²) in [6.07, 6.45) is 0. The van der Waals surface area contributed by atoms with Crippen LogP contribution in [0.25, 0.3) is 0 Å². The van der Waals surface area contributed by atoms with E-state index < -0.39 is 5.97 Å². The third-order valence-electron chi connectivity index (χ3n) is 1.50. The van der Waals surface area contributed by atoms with E-state index in [-0.39, 0.29) is 11.5 Å². The maximum absolute atomic E-state index is 10.6. The van der Waals surface area contributed by atoms with Gasteiger partial charge < -0.3 is 10.8 Å². The summed E-state index contributed by atoms with van der Waals surface area (Å²) in [6, 6.07) is 0. The van der Waals surface area contributed by atoms with Gasteiger partial charge in [-0.3, -0.25) is 0 Å². The zero-order valence-electron chi connectivity index (χ0n) is 6.83. The highest BCUT2D eigenvalue weighted by molar-refractivity contribution is 5.90. The number of carbonyl (C=O) groups is 1. The van der Waals surface area contributed by atoms with Gasteiger partial charge in [-0.2, -0.15) is 0 Å². The molecule has 12 heavy (non-hydrogen) atoms. The summed E-state index contributed by atoms with van der Waals surface area (Å²) in [5.74, 6) is -0.917. The molecule has 1 rings (SSSR count). The Hall–Kier alpha value is -1.65. The Kier molecular flexibility index (Phi) is 1.95. The lowest BCUT2D eigenvalue weighted by Gasteiger charge is -2.03. The van der Waals surface area contributed by atoms with E-state index in [0.29, 0.717) is 11.4 Å². The van der Waals surface area contributed by atoms with Gasteiger partial charge in [0.05, 0.1) is 11.4 Å². The summed E-state index contributed by atoms with van der Waals surface area (Å²) < 4.78 is 0. The number of nitrogens with two attached hydrogens (primary N) is 1. The molecule has 1 aromatic rings. The van der Waals surface area contributed by atoms with E-state index in [1.807, 2.05) is 0 Å². The predicted molar refractivity (Wildman–Crippen MR) is 42.9 cm³/mol. The summed E-state index contributed by atoms with van der Waals surface area (Å²) in [4.78, 5) is 18.1. The van der Waals surface area contributed by atoms with E-state index >= 15 is 0 Å². The molecule has 3 N–H and O–H groups in total. The van der Waals surface area contributed by atoms with E-state index in [0.717, 1.165) is 0 Å². The number of carboxylic acids is 1. The minimum atomic E-state index is -1.02. The monoisotopic (exact) mass is 167 g/mol. The van der Waals surface area contributed by atoms with Crippen LogP contribution in [0.15, 0.2) is 0 Å². The smallest absolute Gasteiger partial charge is 0.339 e. The number of aromatic carboxylic acids is 1.